The molecule has 8 nitrogen and oxygen atoms in total. The summed E-state index contributed by atoms with van der Waals surface area (Å²) in [6.07, 6.45) is 1.52. The molecule has 1 unspecified atom stereocenters. The second-order valence-electron chi connectivity index (χ2n) is 8.13. The zero-order valence-electron chi connectivity index (χ0n) is 19.2. The number of hydrogen-bond donors (Lipinski definition) is 1. The Morgan fingerprint density at radius 2 is 1.80 bits per heavy atom. The molecule has 35 heavy (non-hydrogen) atoms. The molecule has 0 aliphatic carbocycles. The highest BCUT2D eigenvalue weighted by Crippen LogP contribution is 2.42. The normalized spacial score (nSPS) is 12.7. The molecule has 0 aliphatic rings. The zero-order valence-corrected chi connectivity index (χ0v) is 20.0. The van der Waals surface area contributed by atoms with E-state index in [1.807, 2.05) is 44.2 Å². The Kier molecular flexibility index (Phi) is 5.37. The number of fused-ring (bicyclic) bond motifs is 1. The van der Waals surface area contributed by atoms with Gasteiger partial charge in [-0.05, 0) is 37.1 Å². The van der Waals surface area contributed by atoms with Crippen LogP contribution in [0.15, 0.2) is 54.7 Å². The second kappa shape index (κ2) is 8.41. The fourth-order valence-corrected chi connectivity index (χ4v) is 5.49. The van der Waals surface area contributed by atoms with Crippen LogP contribution in [0.1, 0.15) is 38.1 Å². The van der Waals surface area contributed by atoms with Gasteiger partial charge in [-0.2, -0.15) is 10.5 Å². The van der Waals surface area contributed by atoms with E-state index in [9.17, 15) is 15.6 Å². The van der Waals surface area contributed by atoms with Crippen molar-refractivity contribution in [3.63, 3.8) is 0 Å². The van der Waals surface area contributed by atoms with Crippen LogP contribution in [0.2, 0.25) is 0 Å². The van der Waals surface area contributed by atoms with Gasteiger partial charge in [0.05, 0.1) is 32.9 Å². The number of hydrogen-bond acceptors (Lipinski definition) is 8. The molecule has 0 spiro atoms. The number of pyridine rings is 1. The van der Waals surface area contributed by atoms with Crippen molar-refractivity contribution in [3.8, 4) is 23.3 Å². The van der Waals surface area contributed by atoms with Crippen LogP contribution in [0.4, 0.5) is 0 Å². The molecule has 0 radical (unpaired) electrons. The molecule has 0 amide bonds. The van der Waals surface area contributed by atoms with Gasteiger partial charge in [0, 0.05) is 18.0 Å². The van der Waals surface area contributed by atoms with Crippen LogP contribution >= 0.6 is 11.3 Å². The summed E-state index contributed by atoms with van der Waals surface area (Å²) in [4.78, 5) is 9.71. The maximum atomic E-state index is 12.3. The molecule has 0 saturated carbocycles. The molecule has 0 saturated heterocycles. The van der Waals surface area contributed by atoms with Crippen LogP contribution in [-0.4, -0.2) is 30.1 Å². The van der Waals surface area contributed by atoms with Gasteiger partial charge in [0.2, 0.25) is 0 Å². The van der Waals surface area contributed by atoms with E-state index in [2.05, 4.69) is 32.4 Å². The average Bonchev–Trinajstić information content (AvgIpc) is 3.46. The maximum Gasteiger partial charge on any atom is 0.169 e. The van der Waals surface area contributed by atoms with Crippen molar-refractivity contribution < 1.29 is 5.11 Å². The van der Waals surface area contributed by atoms with E-state index in [0.29, 0.717) is 43.9 Å². The van der Waals surface area contributed by atoms with Crippen LogP contribution in [0.3, 0.4) is 0 Å². The fourth-order valence-electron chi connectivity index (χ4n) is 4.45. The predicted molar refractivity (Wildman–Crippen MR) is 131 cm³/mol. The van der Waals surface area contributed by atoms with E-state index < -0.39 is 5.60 Å². The summed E-state index contributed by atoms with van der Waals surface area (Å²) >= 11 is 1.39. The van der Waals surface area contributed by atoms with Crippen molar-refractivity contribution in [2.24, 2.45) is 7.05 Å². The number of aryl methyl sites for hydroxylation is 3. The molecule has 3 heterocycles. The zero-order chi connectivity index (χ0) is 24.7. The molecule has 3 aromatic heterocycles. The molecule has 1 N–H and O–H groups in total. The number of aliphatic hydroxyl groups is 1. The molecular weight excluding hydrogens is 458 g/mol. The Bertz CT molecular complexity index is 1670. The predicted octanol–water partition coefficient (Wildman–Crippen LogP) is 4.13. The Morgan fingerprint density at radius 3 is 2.40 bits per heavy atom. The fraction of sp³-hybridized carbons (Fsp3) is 0.154. The minimum Gasteiger partial charge on any atom is -0.374 e. The smallest absolute Gasteiger partial charge is 0.169 e. The molecule has 5 aromatic rings. The number of benzene rings is 2. The van der Waals surface area contributed by atoms with Crippen molar-refractivity contribution >= 4 is 22.2 Å². The Hall–Kier alpha value is -4.44. The molecular formula is C26H19N7OS. The summed E-state index contributed by atoms with van der Waals surface area (Å²) in [5.41, 5.74) is 2.24. The summed E-state index contributed by atoms with van der Waals surface area (Å²) in [6.45, 7) is 3.74. The highest BCUT2D eigenvalue weighted by molar-refractivity contribution is 7.11. The molecule has 0 aliphatic heterocycles. The Balaban J connectivity index is 1.86. The van der Waals surface area contributed by atoms with Crippen molar-refractivity contribution in [3.05, 3.63) is 92.8 Å². The number of rotatable bonds is 4. The summed E-state index contributed by atoms with van der Waals surface area (Å²) < 4.78 is 1.52. The van der Waals surface area contributed by atoms with Gasteiger partial charge >= 0.3 is 0 Å². The third kappa shape index (κ3) is 3.46. The molecule has 170 valence electrons. The third-order valence-electron chi connectivity index (χ3n) is 6.00. The molecule has 0 bridgehead atoms. The van der Waals surface area contributed by atoms with Gasteiger partial charge in [-0.15, -0.1) is 16.4 Å². The molecule has 9 heteroatoms. The monoisotopic (exact) mass is 477 g/mol. The minimum absolute atomic E-state index is 0.174. The lowest BCUT2D eigenvalue weighted by Gasteiger charge is -2.28. The van der Waals surface area contributed by atoms with E-state index in [1.165, 1.54) is 22.2 Å². The van der Waals surface area contributed by atoms with Gasteiger partial charge in [-0.25, -0.2) is 14.6 Å². The first-order chi connectivity index (χ1) is 16.9. The number of thiazole rings is 1. The van der Waals surface area contributed by atoms with Crippen molar-refractivity contribution in [1.29, 1.82) is 10.5 Å². The van der Waals surface area contributed by atoms with E-state index >= 15 is 0 Å². The lowest BCUT2D eigenvalue weighted by atomic mass is 9.86. The summed E-state index contributed by atoms with van der Waals surface area (Å²) in [5, 5.41) is 41.7. The summed E-state index contributed by atoms with van der Waals surface area (Å²) in [6, 6.07) is 18.9. The molecule has 0 fully saturated rings. The van der Waals surface area contributed by atoms with Gasteiger partial charge in [0.15, 0.2) is 5.60 Å². The van der Waals surface area contributed by atoms with Crippen LogP contribution in [0.5, 0.6) is 0 Å². The van der Waals surface area contributed by atoms with Crippen LogP contribution in [0.25, 0.3) is 22.0 Å². The van der Waals surface area contributed by atoms with E-state index in [1.54, 1.807) is 25.2 Å². The third-order valence-corrected chi connectivity index (χ3v) is 7.18. The Morgan fingerprint density at radius 1 is 1.03 bits per heavy atom. The Labute approximate surface area is 205 Å². The van der Waals surface area contributed by atoms with E-state index in [-0.39, 0.29) is 5.69 Å². The first kappa shape index (κ1) is 22.4. The minimum atomic E-state index is -1.62. The van der Waals surface area contributed by atoms with Crippen LogP contribution < -0.4 is 0 Å². The van der Waals surface area contributed by atoms with Gasteiger partial charge in [0.1, 0.15) is 23.5 Å². The number of aromatic nitrogens is 5. The highest BCUT2D eigenvalue weighted by atomic mass is 32.1. The van der Waals surface area contributed by atoms with Gasteiger partial charge in [-0.1, -0.05) is 41.6 Å². The van der Waals surface area contributed by atoms with Crippen molar-refractivity contribution in [2.75, 3.05) is 0 Å². The summed E-state index contributed by atoms with van der Waals surface area (Å²) in [5.74, 6) is 0. The quantitative estimate of drug-likeness (QED) is 0.413. The second-order valence-corrected chi connectivity index (χ2v) is 9.34. The average molecular weight is 478 g/mol. The SMILES string of the molecule is Cc1nc(C)c(C(O)(c2ccc3nc(C#N)c(-c4ccccc4)c(C#N)c3c2)c2cnnn2C)s1. The standard InChI is InChI=1S/C26H19N7OS/c1-15-25(35-16(2)30-15)26(34,23-14-29-32-33(23)3)18-9-10-21-19(11-18)20(12-27)24(22(13-28)31-21)17-7-5-4-6-8-17/h4-11,14,34H,1-3H3. The highest BCUT2D eigenvalue weighted by Gasteiger charge is 2.41. The van der Waals surface area contributed by atoms with Crippen molar-refractivity contribution in [2.45, 2.75) is 19.4 Å². The lowest BCUT2D eigenvalue weighted by Crippen LogP contribution is -2.31. The number of nitrogens with zero attached hydrogens (tertiary/aromatic N) is 7. The van der Waals surface area contributed by atoms with Crippen LogP contribution in [-0.2, 0) is 12.6 Å². The summed E-state index contributed by atoms with van der Waals surface area (Å²) in [7, 11) is 1.71. The topological polar surface area (TPSA) is 124 Å². The lowest BCUT2D eigenvalue weighted by molar-refractivity contribution is 0.119. The number of nitriles is 2. The largest absolute Gasteiger partial charge is 0.374 e. The maximum absolute atomic E-state index is 12.3. The van der Waals surface area contributed by atoms with Crippen molar-refractivity contribution in [1.82, 2.24) is 25.0 Å². The molecule has 1 atom stereocenters. The van der Waals surface area contributed by atoms with Crippen LogP contribution in [0, 0.1) is 36.5 Å². The van der Waals surface area contributed by atoms with Gasteiger partial charge in [-0.3, -0.25) is 0 Å². The first-order valence-corrected chi connectivity index (χ1v) is 11.6. The first-order valence-electron chi connectivity index (χ1n) is 10.7. The molecule has 2 aromatic carbocycles. The van der Waals surface area contributed by atoms with Gasteiger partial charge < -0.3 is 5.11 Å². The van der Waals surface area contributed by atoms with E-state index in [0.717, 1.165) is 10.6 Å². The molecule has 5 rings (SSSR count). The van der Waals surface area contributed by atoms with E-state index in [4.69, 9.17) is 0 Å². The van der Waals surface area contributed by atoms with Gasteiger partial charge in [0.25, 0.3) is 0 Å².